The van der Waals surface area contributed by atoms with Gasteiger partial charge in [0.2, 0.25) is 17.6 Å². The number of hydrogen-bond acceptors (Lipinski definition) is 6. The fraction of sp³-hybridized carbons (Fsp3) is 0.444. The lowest BCUT2D eigenvalue weighted by molar-refractivity contribution is -0.131. The SMILES string of the molecule is Cc1cccc(N2CCN(C(=O)CCc3nc(-c4ccc(N5CCCC5)cc4)no3)CC2)c1C. The van der Waals surface area contributed by atoms with E-state index in [0.29, 0.717) is 24.6 Å². The van der Waals surface area contributed by atoms with Crippen molar-refractivity contribution in [2.24, 2.45) is 0 Å². The van der Waals surface area contributed by atoms with E-state index in [4.69, 9.17) is 4.52 Å². The fourth-order valence-electron chi connectivity index (χ4n) is 4.92. The number of benzene rings is 2. The quantitative estimate of drug-likeness (QED) is 0.550. The Kier molecular flexibility index (Phi) is 6.52. The van der Waals surface area contributed by atoms with Crippen LogP contribution in [0.15, 0.2) is 47.0 Å². The molecule has 178 valence electrons. The Balaban J connectivity index is 1.12. The minimum atomic E-state index is 0.148. The number of nitrogens with zero attached hydrogens (tertiary/aromatic N) is 5. The first-order valence-corrected chi connectivity index (χ1v) is 12.4. The standard InChI is InChI=1S/C27H33N5O2/c1-20-6-5-7-24(21(20)2)31-16-18-32(19-17-31)26(33)13-12-25-28-27(29-34-25)22-8-10-23(11-9-22)30-14-3-4-15-30/h5-11H,3-4,12-19H2,1-2H3. The van der Waals surface area contributed by atoms with E-state index in [1.165, 1.54) is 35.3 Å². The van der Waals surface area contributed by atoms with Crippen molar-refractivity contribution in [1.29, 1.82) is 0 Å². The Labute approximate surface area is 201 Å². The van der Waals surface area contributed by atoms with Crippen molar-refractivity contribution >= 4 is 17.3 Å². The van der Waals surface area contributed by atoms with E-state index in [9.17, 15) is 4.79 Å². The van der Waals surface area contributed by atoms with Gasteiger partial charge in [-0.15, -0.1) is 0 Å². The number of amides is 1. The summed E-state index contributed by atoms with van der Waals surface area (Å²) in [5.74, 6) is 1.24. The maximum atomic E-state index is 12.8. The van der Waals surface area contributed by atoms with Crippen LogP contribution in [0.5, 0.6) is 0 Å². The summed E-state index contributed by atoms with van der Waals surface area (Å²) in [5.41, 5.74) is 6.08. The number of piperazine rings is 1. The van der Waals surface area contributed by atoms with Crippen LogP contribution in [0.25, 0.3) is 11.4 Å². The van der Waals surface area contributed by atoms with Crippen LogP contribution in [-0.4, -0.2) is 60.2 Å². The van der Waals surface area contributed by atoms with Crippen molar-refractivity contribution in [2.45, 2.75) is 39.5 Å². The monoisotopic (exact) mass is 459 g/mol. The van der Waals surface area contributed by atoms with Gasteiger partial charge < -0.3 is 19.2 Å². The zero-order valence-electron chi connectivity index (χ0n) is 20.2. The third-order valence-corrected chi connectivity index (χ3v) is 7.17. The number of carbonyl (C=O) groups is 1. The van der Waals surface area contributed by atoms with E-state index >= 15 is 0 Å². The summed E-state index contributed by atoms with van der Waals surface area (Å²) in [6.45, 7) is 9.76. The lowest BCUT2D eigenvalue weighted by Crippen LogP contribution is -2.49. The maximum absolute atomic E-state index is 12.8. The van der Waals surface area contributed by atoms with Crippen LogP contribution in [0, 0.1) is 13.8 Å². The molecule has 2 fully saturated rings. The number of hydrogen-bond donors (Lipinski definition) is 0. The Morgan fingerprint density at radius 3 is 2.38 bits per heavy atom. The van der Waals surface area contributed by atoms with Gasteiger partial charge in [0, 0.05) is 69.0 Å². The normalized spacial score (nSPS) is 16.4. The molecular formula is C27H33N5O2. The lowest BCUT2D eigenvalue weighted by atomic mass is 10.1. The molecule has 3 heterocycles. The van der Waals surface area contributed by atoms with Gasteiger partial charge in [-0.3, -0.25) is 4.79 Å². The minimum Gasteiger partial charge on any atom is -0.372 e. The summed E-state index contributed by atoms with van der Waals surface area (Å²) in [6, 6.07) is 14.8. The molecule has 0 saturated carbocycles. The summed E-state index contributed by atoms with van der Waals surface area (Å²) in [7, 11) is 0. The Morgan fingerprint density at radius 2 is 1.65 bits per heavy atom. The molecule has 1 amide bonds. The minimum absolute atomic E-state index is 0.148. The van der Waals surface area contributed by atoms with Crippen LogP contribution in [0.2, 0.25) is 0 Å². The number of aromatic nitrogens is 2. The van der Waals surface area contributed by atoms with Gasteiger partial charge in [0.05, 0.1) is 0 Å². The summed E-state index contributed by atoms with van der Waals surface area (Å²) in [5, 5.41) is 4.13. The highest BCUT2D eigenvalue weighted by atomic mass is 16.5. The van der Waals surface area contributed by atoms with E-state index < -0.39 is 0 Å². The fourth-order valence-corrected chi connectivity index (χ4v) is 4.92. The molecule has 5 rings (SSSR count). The van der Waals surface area contributed by atoms with Crippen molar-refractivity contribution in [3.05, 3.63) is 59.5 Å². The molecule has 1 aromatic heterocycles. The molecule has 7 heteroatoms. The zero-order chi connectivity index (χ0) is 23.5. The molecule has 3 aromatic rings. The van der Waals surface area contributed by atoms with Crippen LogP contribution < -0.4 is 9.80 Å². The first-order valence-electron chi connectivity index (χ1n) is 12.4. The van der Waals surface area contributed by atoms with E-state index in [1.807, 2.05) is 17.0 Å². The molecule has 2 aliphatic heterocycles. The van der Waals surface area contributed by atoms with Gasteiger partial charge in [-0.25, -0.2) is 0 Å². The summed E-state index contributed by atoms with van der Waals surface area (Å²) < 4.78 is 5.44. The first-order chi connectivity index (χ1) is 16.6. The van der Waals surface area contributed by atoms with E-state index in [0.717, 1.165) is 44.8 Å². The molecule has 0 N–H and O–H groups in total. The molecule has 0 radical (unpaired) electrons. The van der Waals surface area contributed by atoms with Crippen LogP contribution in [-0.2, 0) is 11.2 Å². The Bertz CT molecular complexity index is 1130. The van der Waals surface area contributed by atoms with Crippen LogP contribution >= 0.6 is 0 Å². The van der Waals surface area contributed by atoms with Crippen molar-refractivity contribution in [2.75, 3.05) is 49.1 Å². The number of rotatable bonds is 6. The van der Waals surface area contributed by atoms with Gasteiger partial charge in [0.1, 0.15) is 0 Å². The molecule has 34 heavy (non-hydrogen) atoms. The smallest absolute Gasteiger partial charge is 0.227 e. The van der Waals surface area contributed by atoms with E-state index in [-0.39, 0.29) is 5.91 Å². The Morgan fingerprint density at radius 1 is 0.912 bits per heavy atom. The molecule has 7 nitrogen and oxygen atoms in total. The first kappa shape index (κ1) is 22.4. The third-order valence-electron chi connectivity index (χ3n) is 7.17. The molecule has 2 aliphatic rings. The molecular weight excluding hydrogens is 426 g/mol. The third kappa shape index (κ3) is 4.79. The van der Waals surface area contributed by atoms with Crippen molar-refractivity contribution in [3.8, 4) is 11.4 Å². The van der Waals surface area contributed by atoms with Crippen LogP contribution in [0.3, 0.4) is 0 Å². The van der Waals surface area contributed by atoms with Gasteiger partial charge in [0.15, 0.2) is 0 Å². The Hall–Kier alpha value is -3.35. The highest BCUT2D eigenvalue weighted by Crippen LogP contribution is 2.25. The van der Waals surface area contributed by atoms with Crippen LogP contribution in [0.1, 0.15) is 36.3 Å². The molecule has 0 bridgehead atoms. The van der Waals surface area contributed by atoms with Crippen molar-refractivity contribution in [1.82, 2.24) is 15.0 Å². The number of anilines is 2. The highest BCUT2D eigenvalue weighted by Gasteiger charge is 2.23. The largest absolute Gasteiger partial charge is 0.372 e. The second-order valence-electron chi connectivity index (χ2n) is 9.34. The van der Waals surface area contributed by atoms with Crippen molar-refractivity contribution < 1.29 is 9.32 Å². The maximum Gasteiger partial charge on any atom is 0.227 e. The molecule has 0 aliphatic carbocycles. The second kappa shape index (κ2) is 9.87. The summed E-state index contributed by atoms with van der Waals surface area (Å²) >= 11 is 0. The van der Waals surface area contributed by atoms with Crippen LogP contribution in [0.4, 0.5) is 11.4 Å². The summed E-state index contributed by atoms with van der Waals surface area (Å²) in [6.07, 6.45) is 3.38. The zero-order valence-corrected chi connectivity index (χ0v) is 20.2. The highest BCUT2D eigenvalue weighted by molar-refractivity contribution is 5.76. The number of aryl methyl sites for hydroxylation is 2. The van der Waals surface area contributed by atoms with E-state index in [1.54, 1.807) is 0 Å². The summed E-state index contributed by atoms with van der Waals surface area (Å²) in [4.78, 5) is 24.0. The van der Waals surface area contributed by atoms with Gasteiger partial charge in [-0.05, 0) is 68.1 Å². The predicted octanol–water partition coefficient (Wildman–Crippen LogP) is 4.24. The van der Waals surface area contributed by atoms with Crippen molar-refractivity contribution in [3.63, 3.8) is 0 Å². The molecule has 0 atom stereocenters. The second-order valence-corrected chi connectivity index (χ2v) is 9.34. The molecule has 2 saturated heterocycles. The van der Waals surface area contributed by atoms with Gasteiger partial charge in [-0.2, -0.15) is 4.98 Å². The van der Waals surface area contributed by atoms with E-state index in [2.05, 4.69) is 64.1 Å². The molecule has 0 spiro atoms. The van der Waals surface area contributed by atoms with Gasteiger partial charge in [-0.1, -0.05) is 17.3 Å². The molecule has 0 unspecified atom stereocenters. The van der Waals surface area contributed by atoms with Gasteiger partial charge >= 0.3 is 0 Å². The average molecular weight is 460 g/mol. The average Bonchev–Trinajstić information content (AvgIpc) is 3.57. The molecule has 2 aromatic carbocycles. The lowest BCUT2D eigenvalue weighted by Gasteiger charge is -2.37. The predicted molar refractivity (Wildman–Crippen MR) is 134 cm³/mol. The number of carbonyl (C=O) groups excluding carboxylic acids is 1. The van der Waals surface area contributed by atoms with Gasteiger partial charge in [0.25, 0.3) is 0 Å². The topological polar surface area (TPSA) is 65.7 Å².